The maximum atomic E-state index is 12.8. The predicted molar refractivity (Wildman–Crippen MR) is 79.6 cm³/mol. The van der Waals surface area contributed by atoms with Crippen LogP contribution in [0.15, 0.2) is 29.1 Å². The predicted octanol–water partition coefficient (Wildman–Crippen LogP) is 0.611. The molecule has 0 saturated carbocycles. The Balaban J connectivity index is 1.49. The molecule has 1 atom stereocenters. The highest BCUT2D eigenvalue weighted by atomic mass is 19.1. The number of aromatic amines is 1. The molecule has 2 heterocycles. The van der Waals surface area contributed by atoms with Crippen molar-refractivity contribution in [1.29, 1.82) is 0 Å². The van der Waals surface area contributed by atoms with E-state index in [2.05, 4.69) is 15.5 Å². The number of aryl methyl sites for hydroxylation is 1. The number of benzene rings is 1. The third-order valence-electron chi connectivity index (χ3n) is 3.80. The molecule has 23 heavy (non-hydrogen) atoms. The number of carbonyl (C=O) groups is 1. The van der Waals surface area contributed by atoms with Gasteiger partial charge < -0.3 is 10.1 Å². The number of carbonyl (C=O) groups excluding carboxylic acids is 1. The van der Waals surface area contributed by atoms with Gasteiger partial charge in [0.05, 0.1) is 0 Å². The number of fused-ring (bicyclic) bond motifs is 1. The number of nitrogens with one attached hydrogen (secondary N) is 2. The average Bonchev–Trinajstić information content (AvgIpc) is 2.77. The van der Waals surface area contributed by atoms with E-state index in [1.54, 1.807) is 4.57 Å². The SMILES string of the molecule is O=C(COc1ccc(F)cc1)NC1CCc2n[nH]c(=O)n2CC1. The number of nitrogens with zero attached hydrogens (tertiary/aromatic N) is 2. The van der Waals surface area contributed by atoms with Gasteiger partial charge in [0, 0.05) is 19.0 Å². The zero-order valence-electron chi connectivity index (χ0n) is 12.4. The second-order valence-electron chi connectivity index (χ2n) is 5.43. The molecule has 7 nitrogen and oxygen atoms in total. The summed E-state index contributed by atoms with van der Waals surface area (Å²) >= 11 is 0. The Kier molecular flexibility index (Phi) is 4.40. The van der Waals surface area contributed by atoms with Crippen molar-refractivity contribution >= 4 is 5.91 Å². The molecular formula is C15H17FN4O3. The normalized spacial score (nSPS) is 17.2. The smallest absolute Gasteiger partial charge is 0.343 e. The molecule has 1 amide bonds. The van der Waals surface area contributed by atoms with Gasteiger partial charge in [0.2, 0.25) is 0 Å². The molecule has 1 aliphatic rings. The fourth-order valence-corrected chi connectivity index (χ4v) is 2.60. The Bertz CT molecular complexity index is 738. The molecule has 1 aromatic heterocycles. The molecule has 0 aliphatic carbocycles. The number of aromatic nitrogens is 3. The van der Waals surface area contributed by atoms with Crippen LogP contribution in [0.4, 0.5) is 4.39 Å². The Labute approximate surface area is 131 Å². The fraction of sp³-hybridized carbons (Fsp3) is 0.400. The molecular weight excluding hydrogens is 303 g/mol. The van der Waals surface area contributed by atoms with Gasteiger partial charge >= 0.3 is 5.69 Å². The van der Waals surface area contributed by atoms with Gasteiger partial charge in [-0.05, 0) is 37.1 Å². The summed E-state index contributed by atoms with van der Waals surface area (Å²) in [4.78, 5) is 23.5. The number of halogens is 1. The first-order chi connectivity index (χ1) is 11.1. The standard InChI is InChI=1S/C15H17FN4O3/c16-10-1-4-12(5-2-10)23-9-14(21)17-11-3-6-13-18-19-15(22)20(13)8-7-11/h1-2,4-5,11H,3,6-9H2,(H,17,21)(H,19,22). The number of H-pyrrole nitrogens is 1. The molecule has 0 fully saturated rings. The highest BCUT2D eigenvalue weighted by Gasteiger charge is 2.20. The largest absolute Gasteiger partial charge is 0.484 e. The zero-order valence-corrected chi connectivity index (χ0v) is 12.4. The monoisotopic (exact) mass is 320 g/mol. The van der Waals surface area contributed by atoms with E-state index >= 15 is 0 Å². The van der Waals surface area contributed by atoms with Gasteiger partial charge in [0.15, 0.2) is 6.61 Å². The highest BCUT2D eigenvalue weighted by molar-refractivity contribution is 5.77. The molecule has 2 N–H and O–H groups in total. The maximum Gasteiger partial charge on any atom is 0.343 e. The third-order valence-corrected chi connectivity index (χ3v) is 3.80. The first-order valence-electron chi connectivity index (χ1n) is 7.43. The summed E-state index contributed by atoms with van der Waals surface area (Å²) in [6.45, 7) is 0.391. The van der Waals surface area contributed by atoms with Crippen LogP contribution in [-0.4, -0.2) is 33.3 Å². The Morgan fingerprint density at radius 3 is 2.96 bits per heavy atom. The molecule has 1 aliphatic heterocycles. The van der Waals surface area contributed by atoms with Crippen LogP contribution in [-0.2, 0) is 17.8 Å². The summed E-state index contributed by atoms with van der Waals surface area (Å²) < 4.78 is 19.7. The van der Waals surface area contributed by atoms with E-state index in [4.69, 9.17) is 4.74 Å². The summed E-state index contributed by atoms with van der Waals surface area (Å²) in [5, 5.41) is 9.29. The van der Waals surface area contributed by atoms with Crippen LogP contribution in [0.3, 0.4) is 0 Å². The Morgan fingerprint density at radius 1 is 1.39 bits per heavy atom. The van der Waals surface area contributed by atoms with Crippen LogP contribution in [0.2, 0.25) is 0 Å². The van der Waals surface area contributed by atoms with E-state index in [-0.39, 0.29) is 30.1 Å². The van der Waals surface area contributed by atoms with E-state index < -0.39 is 0 Å². The van der Waals surface area contributed by atoms with Gasteiger partial charge in [-0.3, -0.25) is 9.36 Å². The van der Waals surface area contributed by atoms with Crippen molar-refractivity contribution in [1.82, 2.24) is 20.1 Å². The van der Waals surface area contributed by atoms with E-state index in [0.29, 0.717) is 37.4 Å². The van der Waals surface area contributed by atoms with Crippen molar-refractivity contribution < 1.29 is 13.9 Å². The number of ether oxygens (including phenoxy) is 1. The average molecular weight is 320 g/mol. The van der Waals surface area contributed by atoms with E-state index in [1.165, 1.54) is 24.3 Å². The number of hydrogen-bond donors (Lipinski definition) is 2. The van der Waals surface area contributed by atoms with Crippen LogP contribution in [0.1, 0.15) is 18.7 Å². The van der Waals surface area contributed by atoms with Crippen molar-refractivity contribution in [3.8, 4) is 5.75 Å². The zero-order chi connectivity index (χ0) is 16.2. The maximum absolute atomic E-state index is 12.8. The van der Waals surface area contributed by atoms with Crippen molar-refractivity contribution in [3.05, 3.63) is 46.4 Å². The van der Waals surface area contributed by atoms with Gasteiger partial charge in [-0.25, -0.2) is 14.3 Å². The lowest BCUT2D eigenvalue weighted by Gasteiger charge is -2.16. The topological polar surface area (TPSA) is 89.0 Å². The minimum absolute atomic E-state index is 0.0274. The Hall–Kier alpha value is -2.64. The number of hydrogen-bond acceptors (Lipinski definition) is 4. The molecule has 0 saturated heterocycles. The molecule has 1 aromatic carbocycles. The van der Waals surface area contributed by atoms with Crippen LogP contribution in [0, 0.1) is 5.82 Å². The van der Waals surface area contributed by atoms with E-state index in [0.717, 1.165) is 0 Å². The van der Waals surface area contributed by atoms with Gasteiger partial charge in [-0.15, -0.1) is 0 Å². The fourth-order valence-electron chi connectivity index (χ4n) is 2.60. The number of amides is 1. The second-order valence-corrected chi connectivity index (χ2v) is 5.43. The highest BCUT2D eigenvalue weighted by Crippen LogP contribution is 2.12. The lowest BCUT2D eigenvalue weighted by molar-refractivity contribution is -0.123. The molecule has 122 valence electrons. The molecule has 0 bridgehead atoms. The van der Waals surface area contributed by atoms with Crippen molar-refractivity contribution in [2.75, 3.05) is 6.61 Å². The molecule has 3 rings (SSSR count). The summed E-state index contributed by atoms with van der Waals surface area (Å²) in [5.74, 6) is 0.559. The summed E-state index contributed by atoms with van der Waals surface area (Å²) in [6.07, 6.45) is 2.00. The van der Waals surface area contributed by atoms with Crippen molar-refractivity contribution in [2.45, 2.75) is 31.8 Å². The number of rotatable bonds is 4. The van der Waals surface area contributed by atoms with Crippen LogP contribution < -0.4 is 15.7 Å². The first kappa shape index (κ1) is 15.3. The van der Waals surface area contributed by atoms with Gasteiger partial charge in [-0.1, -0.05) is 0 Å². The van der Waals surface area contributed by atoms with Gasteiger partial charge in [0.1, 0.15) is 17.4 Å². The molecule has 1 unspecified atom stereocenters. The van der Waals surface area contributed by atoms with Crippen LogP contribution in [0.5, 0.6) is 5.75 Å². The van der Waals surface area contributed by atoms with Gasteiger partial charge in [0.25, 0.3) is 5.91 Å². The van der Waals surface area contributed by atoms with Gasteiger partial charge in [-0.2, -0.15) is 5.10 Å². The molecule has 2 aromatic rings. The minimum atomic E-state index is -0.354. The second kappa shape index (κ2) is 6.64. The van der Waals surface area contributed by atoms with Crippen molar-refractivity contribution in [2.24, 2.45) is 0 Å². The molecule has 0 spiro atoms. The Morgan fingerprint density at radius 2 is 2.17 bits per heavy atom. The first-order valence-corrected chi connectivity index (χ1v) is 7.43. The summed E-state index contributed by atoms with van der Waals surface area (Å²) in [6, 6.07) is 5.47. The van der Waals surface area contributed by atoms with Crippen molar-refractivity contribution in [3.63, 3.8) is 0 Å². The summed E-state index contributed by atoms with van der Waals surface area (Å²) in [7, 11) is 0. The van der Waals surface area contributed by atoms with E-state index in [9.17, 15) is 14.0 Å². The van der Waals surface area contributed by atoms with Crippen LogP contribution in [0.25, 0.3) is 0 Å². The van der Waals surface area contributed by atoms with Crippen LogP contribution >= 0.6 is 0 Å². The van der Waals surface area contributed by atoms with E-state index in [1.807, 2.05) is 0 Å². The summed E-state index contributed by atoms with van der Waals surface area (Å²) in [5.41, 5.74) is -0.216. The third kappa shape index (κ3) is 3.77. The lowest BCUT2D eigenvalue weighted by atomic mass is 10.1. The molecule has 0 radical (unpaired) electrons. The minimum Gasteiger partial charge on any atom is -0.484 e. The quantitative estimate of drug-likeness (QED) is 0.864. The molecule has 8 heteroatoms. The lowest BCUT2D eigenvalue weighted by Crippen LogP contribution is -2.38.